The Balaban J connectivity index is 2.64. The number of nitrogens with zero attached hydrogens (tertiary/aromatic N) is 1. The minimum Gasteiger partial charge on any atom is -0.477 e. The molecule has 1 heterocycles. The minimum absolute atomic E-state index is 0.313. The van der Waals surface area contributed by atoms with Crippen LogP contribution >= 0.6 is 11.3 Å². The first-order valence-electron chi connectivity index (χ1n) is 4.54. The third-order valence-corrected chi connectivity index (χ3v) is 3.23. The van der Waals surface area contributed by atoms with Gasteiger partial charge in [0.25, 0.3) is 0 Å². The van der Waals surface area contributed by atoms with Crippen molar-refractivity contribution in [2.45, 2.75) is 0 Å². The van der Waals surface area contributed by atoms with Crippen molar-refractivity contribution < 1.29 is 9.90 Å². The second-order valence-corrected chi connectivity index (χ2v) is 4.22. The Morgan fingerprint density at radius 3 is 3.00 bits per heavy atom. The van der Waals surface area contributed by atoms with E-state index in [-0.39, 0.29) is 0 Å². The molecule has 3 nitrogen and oxygen atoms in total. The van der Waals surface area contributed by atoms with Crippen molar-refractivity contribution in [3.8, 4) is 6.07 Å². The summed E-state index contributed by atoms with van der Waals surface area (Å²) in [5, 5.41) is 18.2. The average Bonchev–Trinajstić information content (AvgIpc) is 2.70. The van der Waals surface area contributed by atoms with E-state index in [0.29, 0.717) is 4.88 Å². The molecule has 1 aromatic heterocycles. The third-order valence-electron chi connectivity index (χ3n) is 2.14. The summed E-state index contributed by atoms with van der Waals surface area (Å²) in [5.41, 5.74) is 0.864. The number of carboxylic acid groups (broad SMARTS) is 1. The fraction of sp³-hybridized carbons (Fsp3) is 0. The van der Waals surface area contributed by atoms with Crippen molar-refractivity contribution in [3.63, 3.8) is 0 Å². The molecule has 0 amide bonds. The normalized spacial score (nSPS) is 10.7. The van der Waals surface area contributed by atoms with Crippen LogP contribution in [0.5, 0.6) is 0 Å². The van der Waals surface area contributed by atoms with Gasteiger partial charge in [0.2, 0.25) is 0 Å². The lowest BCUT2D eigenvalue weighted by Crippen LogP contribution is -1.89. The summed E-state index contributed by atoms with van der Waals surface area (Å²) in [7, 11) is 0. The van der Waals surface area contributed by atoms with Crippen molar-refractivity contribution in [1.82, 2.24) is 0 Å². The molecule has 16 heavy (non-hydrogen) atoms. The van der Waals surface area contributed by atoms with E-state index in [0.717, 1.165) is 15.6 Å². The maximum Gasteiger partial charge on any atom is 0.345 e. The van der Waals surface area contributed by atoms with Gasteiger partial charge >= 0.3 is 5.97 Å². The average molecular weight is 229 g/mol. The van der Waals surface area contributed by atoms with Crippen LogP contribution < -0.4 is 0 Å². The molecule has 1 aromatic carbocycles. The number of hydrogen-bond acceptors (Lipinski definition) is 3. The molecule has 0 aliphatic carbocycles. The number of thiophene rings is 1. The largest absolute Gasteiger partial charge is 0.477 e. The van der Waals surface area contributed by atoms with Crippen LogP contribution in [0.2, 0.25) is 0 Å². The Labute approximate surface area is 95.9 Å². The van der Waals surface area contributed by atoms with E-state index in [9.17, 15) is 4.79 Å². The number of allylic oxidation sites excluding steroid dienone is 1. The highest BCUT2D eigenvalue weighted by Gasteiger charge is 2.09. The maximum atomic E-state index is 10.8. The van der Waals surface area contributed by atoms with Crippen LogP contribution in [0, 0.1) is 11.3 Å². The lowest BCUT2D eigenvalue weighted by molar-refractivity contribution is 0.0702. The van der Waals surface area contributed by atoms with E-state index >= 15 is 0 Å². The van der Waals surface area contributed by atoms with Crippen molar-refractivity contribution >= 4 is 33.5 Å². The summed E-state index contributed by atoms with van der Waals surface area (Å²) in [6.45, 7) is 0. The van der Waals surface area contributed by atoms with Gasteiger partial charge < -0.3 is 5.11 Å². The summed E-state index contributed by atoms with van der Waals surface area (Å²) >= 11 is 1.24. The standard InChI is InChI=1S/C12H7NO2S/c13-6-2-4-8-3-1-5-10-9(8)7-11(16-10)12(14)15/h1-5,7H,(H,14,15). The summed E-state index contributed by atoms with van der Waals surface area (Å²) < 4.78 is 0.914. The number of hydrogen-bond donors (Lipinski definition) is 1. The van der Waals surface area contributed by atoms with Crippen molar-refractivity contribution in [3.05, 3.63) is 40.8 Å². The smallest absolute Gasteiger partial charge is 0.345 e. The van der Waals surface area contributed by atoms with Gasteiger partial charge in [0, 0.05) is 16.2 Å². The van der Waals surface area contributed by atoms with Gasteiger partial charge in [0.15, 0.2) is 0 Å². The molecule has 2 rings (SSSR count). The van der Waals surface area contributed by atoms with Gasteiger partial charge in [-0.15, -0.1) is 11.3 Å². The molecule has 2 aromatic rings. The van der Waals surface area contributed by atoms with E-state index in [1.807, 2.05) is 24.3 Å². The Kier molecular flexibility index (Phi) is 2.71. The summed E-state index contributed by atoms with van der Waals surface area (Å²) in [5.74, 6) is -0.920. The van der Waals surface area contributed by atoms with Crippen LogP contribution in [0.1, 0.15) is 15.2 Å². The van der Waals surface area contributed by atoms with Gasteiger partial charge in [-0.05, 0) is 23.8 Å². The molecule has 0 radical (unpaired) electrons. The lowest BCUT2D eigenvalue weighted by atomic mass is 10.1. The zero-order chi connectivity index (χ0) is 11.5. The molecule has 0 saturated carbocycles. The molecule has 0 aliphatic heterocycles. The quantitative estimate of drug-likeness (QED) is 0.805. The van der Waals surface area contributed by atoms with E-state index in [4.69, 9.17) is 10.4 Å². The highest BCUT2D eigenvalue weighted by atomic mass is 32.1. The number of carboxylic acids is 1. The van der Waals surface area contributed by atoms with Crippen molar-refractivity contribution in [1.29, 1.82) is 5.26 Å². The Morgan fingerprint density at radius 1 is 1.50 bits per heavy atom. The molecule has 0 fully saturated rings. The lowest BCUT2D eigenvalue weighted by Gasteiger charge is -1.93. The molecule has 0 atom stereocenters. The summed E-state index contributed by atoms with van der Waals surface area (Å²) in [6.07, 6.45) is 3.06. The van der Waals surface area contributed by atoms with Crippen LogP contribution in [0.25, 0.3) is 16.2 Å². The van der Waals surface area contributed by atoms with Crippen LogP contribution in [-0.4, -0.2) is 11.1 Å². The molecule has 0 saturated heterocycles. The van der Waals surface area contributed by atoms with Gasteiger partial charge in [0.1, 0.15) is 4.88 Å². The van der Waals surface area contributed by atoms with E-state index in [1.54, 1.807) is 12.1 Å². The topological polar surface area (TPSA) is 61.1 Å². The number of benzene rings is 1. The van der Waals surface area contributed by atoms with E-state index in [1.165, 1.54) is 17.4 Å². The predicted octanol–water partition coefficient (Wildman–Crippen LogP) is 3.14. The molecule has 0 unspecified atom stereocenters. The van der Waals surface area contributed by atoms with E-state index < -0.39 is 5.97 Å². The maximum absolute atomic E-state index is 10.8. The first kappa shape index (κ1) is 10.4. The molecule has 0 aliphatic rings. The Hall–Kier alpha value is -2.12. The van der Waals surface area contributed by atoms with Gasteiger partial charge in [-0.3, -0.25) is 0 Å². The summed E-state index contributed by atoms with van der Waals surface area (Å²) in [6, 6.07) is 9.13. The Morgan fingerprint density at radius 2 is 2.31 bits per heavy atom. The highest BCUT2D eigenvalue weighted by Crippen LogP contribution is 2.29. The molecular formula is C12H7NO2S. The van der Waals surface area contributed by atoms with Crippen molar-refractivity contribution in [2.75, 3.05) is 0 Å². The molecule has 4 heteroatoms. The predicted molar refractivity (Wildman–Crippen MR) is 63.4 cm³/mol. The number of aromatic carboxylic acids is 1. The number of nitriles is 1. The molecule has 78 valence electrons. The molecule has 1 N–H and O–H groups in total. The SMILES string of the molecule is N#CC=Cc1cccc2sc(C(=O)O)cc12. The van der Waals surface area contributed by atoms with E-state index in [2.05, 4.69) is 0 Å². The second-order valence-electron chi connectivity index (χ2n) is 3.14. The zero-order valence-corrected chi connectivity index (χ0v) is 8.99. The highest BCUT2D eigenvalue weighted by molar-refractivity contribution is 7.20. The number of rotatable bonds is 2. The fourth-order valence-corrected chi connectivity index (χ4v) is 2.40. The Bertz CT molecular complexity index is 619. The monoisotopic (exact) mass is 229 g/mol. The van der Waals surface area contributed by atoms with Gasteiger partial charge in [-0.2, -0.15) is 5.26 Å². The first-order chi connectivity index (χ1) is 7.72. The molecule has 0 spiro atoms. The van der Waals surface area contributed by atoms with Gasteiger partial charge in [-0.25, -0.2) is 4.79 Å². The van der Waals surface area contributed by atoms with Gasteiger partial charge in [-0.1, -0.05) is 12.1 Å². The molecular weight excluding hydrogens is 222 g/mol. The van der Waals surface area contributed by atoms with Crippen LogP contribution in [0.3, 0.4) is 0 Å². The van der Waals surface area contributed by atoms with Crippen LogP contribution in [0.15, 0.2) is 30.3 Å². The second kappa shape index (κ2) is 4.17. The minimum atomic E-state index is -0.920. The fourth-order valence-electron chi connectivity index (χ4n) is 1.46. The number of carbonyl (C=O) groups is 1. The van der Waals surface area contributed by atoms with Crippen LogP contribution in [-0.2, 0) is 0 Å². The first-order valence-corrected chi connectivity index (χ1v) is 5.36. The zero-order valence-electron chi connectivity index (χ0n) is 8.18. The summed E-state index contributed by atoms with van der Waals surface area (Å²) in [4.78, 5) is 11.1. The van der Waals surface area contributed by atoms with Gasteiger partial charge in [0.05, 0.1) is 6.07 Å². The molecule has 0 bridgehead atoms. The van der Waals surface area contributed by atoms with Crippen molar-refractivity contribution in [2.24, 2.45) is 0 Å². The third kappa shape index (κ3) is 1.81. The van der Waals surface area contributed by atoms with Crippen LogP contribution in [0.4, 0.5) is 0 Å². The number of fused-ring (bicyclic) bond motifs is 1.